The number of carboxylic acids is 1. The number of rotatable bonds is 3. The van der Waals surface area contributed by atoms with Crippen molar-refractivity contribution in [3.63, 3.8) is 0 Å². The SMILES string of the molecule is CCn1cnc(Cl)c1C(O)C(=O)O. The van der Waals surface area contributed by atoms with E-state index in [1.807, 2.05) is 0 Å². The van der Waals surface area contributed by atoms with Gasteiger partial charge in [0.05, 0.1) is 12.0 Å². The Bertz CT molecular complexity index is 324. The van der Waals surface area contributed by atoms with Crippen LogP contribution in [0.15, 0.2) is 6.33 Å². The Morgan fingerprint density at radius 1 is 1.85 bits per heavy atom. The Morgan fingerprint density at radius 3 is 2.92 bits per heavy atom. The van der Waals surface area contributed by atoms with E-state index in [1.54, 1.807) is 6.92 Å². The van der Waals surface area contributed by atoms with Crippen molar-refractivity contribution in [2.75, 3.05) is 0 Å². The Kier molecular flexibility index (Phi) is 2.90. The maximum Gasteiger partial charge on any atom is 0.338 e. The van der Waals surface area contributed by atoms with Crippen LogP contribution in [0, 0.1) is 0 Å². The Labute approximate surface area is 79.6 Å². The zero-order valence-corrected chi connectivity index (χ0v) is 7.69. The van der Waals surface area contributed by atoms with Crippen LogP contribution in [0.4, 0.5) is 0 Å². The fourth-order valence-electron chi connectivity index (χ4n) is 1.01. The number of aryl methyl sites for hydroxylation is 1. The number of halogens is 1. The molecule has 0 fully saturated rings. The fraction of sp³-hybridized carbons (Fsp3) is 0.429. The summed E-state index contributed by atoms with van der Waals surface area (Å²) in [5.41, 5.74) is 0.122. The number of hydrogen-bond acceptors (Lipinski definition) is 3. The normalized spacial score (nSPS) is 12.8. The third-order valence-corrected chi connectivity index (χ3v) is 1.96. The Balaban J connectivity index is 3.10. The minimum absolute atomic E-state index is 0.0248. The van der Waals surface area contributed by atoms with Crippen molar-refractivity contribution in [1.82, 2.24) is 9.55 Å². The molecule has 0 aliphatic heterocycles. The maximum atomic E-state index is 10.5. The third-order valence-electron chi connectivity index (χ3n) is 1.66. The first kappa shape index (κ1) is 10.0. The third kappa shape index (κ3) is 1.81. The first-order chi connectivity index (χ1) is 6.07. The van der Waals surface area contributed by atoms with Crippen LogP contribution in [0.1, 0.15) is 18.7 Å². The topological polar surface area (TPSA) is 75.3 Å². The van der Waals surface area contributed by atoms with E-state index < -0.39 is 12.1 Å². The summed E-state index contributed by atoms with van der Waals surface area (Å²) in [7, 11) is 0. The van der Waals surface area contributed by atoms with Crippen LogP contribution in [0.3, 0.4) is 0 Å². The quantitative estimate of drug-likeness (QED) is 0.759. The monoisotopic (exact) mass is 204 g/mol. The molecule has 1 atom stereocenters. The number of aliphatic carboxylic acids is 1. The molecule has 0 radical (unpaired) electrons. The number of hydrogen-bond donors (Lipinski definition) is 2. The predicted molar refractivity (Wildman–Crippen MR) is 45.5 cm³/mol. The zero-order chi connectivity index (χ0) is 10.0. The van der Waals surface area contributed by atoms with Crippen LogP contribution < -0.4 is 0 Å². The molecule has 5 nitrogen and oxygen atoms in total. The molecule has 0 aliphatic rings. The zero-order valence-electron chi connectivity index (χ0n) is 6.94. The van der Waals surface area contributed by atoms with E-state index >= 15 is 0 Å². The molecule has 6 heteroatoms. The van der Waals surface area contributed by atoms with Crippen LogP contribution in [-0.2, 0) is 11.3 Å². The molecule has 0 aliphatic carbocycles. The second kappa shape index (κ2) is 3.76. The molecule has 0 saturated heterocycles. The largest absolute Gasteiger partial charge is 0.479 e. The van der Waals surface area contributed by atoms with Gasteiger partial charge >= 0.3 is 5.97 Å². The molecule has 2 N–H and O–H groups in total. The van der Waals surface area contributed by atoms with Crippen LogP contribution in [0.2, 0.25) is 5.15 Å². The summed E-state index contributed by atoms with van der Waals surface area (Å²) in [6.45, 7) is 2.31. The molecule has 0 saturated carbocycles. The Hall–Kier alpha value is -1.07. The summed E-state index contributed by atoms with van der Waals surface area (Å²) in [4.78, 5) is 14.2. The molecule has 0 spiro atoms. The minimum Gasteiger partial charge on any atom is -0.479 e. The predicted octanol–water partition coefficient (Wildman–Crippen LogP) is 0.674. The molecule has 1 heterocycles. The lowest BCUT2D eigenvalue weighted by Gasteiger charge is -2.08. The lowest BCUT2D eigenvalue weighted by atomic mass is 10.3. The van der Waals surface area contributed by atoms with E-state index in [1.165, 1.54) is 10.9 Å². The van der Waals surface area contributed by atoms with Gasteiger partial charge in [0.25, 0.3) is 0 Å². The summed E-state index contributed by atoms with van der Waals surface area (Å²) in [6.07, 6.45) is -0.223. The van der Waals surface area contributed by atoms with Crippen molar-refractivity contribution >= 4 is 17.6 Å². The highest BCUT2D eigenvalue weighted by molar-refractivity contribution is 6.30. The number of carbonyl (C=O) groups is 1. The highest BCUT2D eigenvalue weighted by Gasteiger charge is 2.23. The van der Waals surface area contributed by atoms with Gasteiger partial charge in [0.2, 0.25) is 0 Å². The standard InChI is InChI=1S/C7H9ClN2O3/c1-2-10-3-9-6(8)4(10)5(11)7(12)13/h3,5,11H,2H2,1H3,(H,12,13). The average molecular weight is 205 g/mol. The first-order valence-corrected chi connectivity index (χ1v) is 4.07. The van der Waals surface area contributed by atoms with E-state index in [4.69, 9.17) is 16.7 Å². The van der Waals surface area contributed by atoms with Gasteiger partial charge in [-0.1, -0.05) is 11.6 Å². The first-order valence-electron chi connectivity index (χ1n) is 3.69. The summed E-state index contributed by atoms with van der Waals surface area (Å²) < 4.78 is 1.49. The molecular weight excluding hydrogens is 196 g/mol. The van der Waals surface area contributed by atoms with Crippen LogP contribution in [0.25, 0.3) is 0 Å². The van der Waals surface area contributed by atoms with E-state index in [0.29, 0.717) is 6.54 Å². The van der Waals surface area contributed by atoms with Crippen molar-refractivity contribution in [2.45, 2.75) is 19.6 Å². The molecule has 1 rings (SSSR count). The smallest absolute Gasteiger partial charge is 0.338 e. The van der Waals surface area contributed by atoms with Gasteiger partial charge in [-0.2, -0.15) is 0 Å². The summed E-state index contributed by atoms with van der Waals surface area (Å²) in [5.74, 6) is -1.34. The minimum atomic E-state index is -1.62. The number of aliphatic hydroxyl groups is 1. The molecule has 0 aromatic carbocycles. The number of aliphatic hydroxyl groups excluding tert-OH is 1. The van der Waals surface area contributed by atoms with Crippen molar-refractivity contribution < 1.29 is 15.0 Å². The molecule has 0 amide bonds. The number of aromatic nitrogens is 2. The van der Waals surface area contributed by atoms with Gasteiger partial charge in [-0.3, -0.25) is 0 Å². The Morgan fingerprint density at radius 2 is 2.46 bits per heavy atom. The van der Waals surface area contributed by atoms with Crippen LogP contribution in [0.5, 0.6) is 0 Å². The lowest BCUT2D eigenvalue weighted by Crippen LogP contribution is -2.15. The van der Waals surface area contributed by atoms with Crippen LogP contribution in [-0.4, -0.2) is 25.7 Å². The van der Waals surface area contributed by atoms with Crippen LogP contribution >= 0.6 is 11.6 Å². The van der Waals surface area contributed by atoms with Gasteiger partial charge in [-0.25, -0.2) is 9.78 Å². The fourth-order valence-corrected chi connectivity index (χ4v) is 1.26. The number of carboxylic acid groups (broad SMARTS) is 1. The molecule has 72 valence electrons. The van der Waals surface area contributed by atoms with E-state index in [9.17, 15) is 9.90 Å². The van der Waals surface area contributed by atoms with Crippen molar-refractivity contribution in [3.05, 3.63) is 17.2 Å². The highest BCUT2D eigenvalue weighted by atomic mass is 35.5. The van der Waals surface area contributed by atoms with Crippen molar-refractivity contribution in [2.24, 2.45) is 0 Å². The van der Waals surface area contributed by atoms with Gasteiger partial charge in [-0.15, -0.1) is 0 Å². The van der Waals surface area contributed by atoms with Gasteiger partial charge < -0.3 is 14.8 Å². The number of nitrogens with zero attached hydrogens (tertiary/aromatic N) is 2. The number of imidazole rings is 1. The van der Waals surface area contributed by atoms with Gasteiger partial charge in [0.15, 0.2) is 11.3 Å². The summed E-state index contributed by atoms with van der Waals surface area (Å²) >= 11 is 5.61. The molecular formula is C7H9ClN2O3. The summed E-state index contributed by atoms with van der Waals surface area (Å²) in [5, 5.41) is 17.8. The molecule has 1 unspecified atom stereocenters. The van der Waals surface area contributed by atoms with Crippen molar-refractivity contribution in [3.8, 4) is 0 Å². The van der Waals surface area contributed by atoms with Gasteiger partial charge in [-0.05, 0) is 6.92 Å². The summed E-state index contributed by atoms with van der Waals surface area (Å²) in [6, 6.07) is 0. The maximum absolute atomic E-state index is 10.5. The van der Waals surface area contributed by atoms with Gasteiger partial charge in [0, 0.05) is 6.54 Å². The molecule has 1 aromatic rings. The van der Waals surface area contributed by atoms with Gasteiger partial charge in [0.1, 0.15) is 0 Å². The second-order valence-electron chi connectivity index (χ2n) is 2.45. The van der Waals surface area contributed by atoms with E-state index in [-0.39, 0.29) is 10.8 Å². The molecule has 0 bridgehead atoms. The van der Waals surface area contributed by atoms with E-state index in [0.717, 1.165) is 0 Å². The highest BCUT2D eigenvalue weighted by Crippen LogP contribution is 2.21. The van der Waals surface area contributed by atoms with E-state index in [2.05, 4.69) is 4.98 Å². The molecule has 13 heavy (non-hydrogen) atoms. The molecule has 1 aromatic heterocycles. The second-order valence-corrected chi connectivity index (χ2v) is 2.81. The average Bonchev–Trinajstić information content (AvgIpc) is 2.45. The lowest BCUT2D eigenvalue weighted by molar-refractivity contribution is -0.147. The van der Waals surface area contributed by atoms with Crippen molar-refractivity contribution in [1.29, 1.82) is 0 Å².